The molecule has 0 aliphatic heterocycles. The molecule has 0 aromatic carbocycles. The Morgan fingerprint density at radius 3 is 1.76 bits per heavy atom. The van der Waals surface area contributed by atoms with Gasteiger partial charge in [-0.15, -0.1) is 0 Å². The van der Waals surface area contributed by atoms with Crippen LogP contribution in [-0.4, -0.2) is 13.1 Å². The van der Waals surface area contributed by atoms with E-state index in [0.717, 1.165) is 48.9 Å². The minimum atomic E-state index is -0.165. The van der Waals surface area contributed by atoms with E-state index in [1.807, 2.05) is 0 Å². The van der Waals surface area contributed by atoms with Crippen molar-refractivity contribution in [1.29, 1.82) is 0 Å². The van der Waals surface area contributed by atoms with Crippen molar-refractivity contribution in [2.45, 2.75) is 155 Å². The van der Waals surface area contributed by atoms with Crippen molar-refractivity contribution >= 4 is 5.97 Å². The second kappa shape index (κ2) is 14.9. The summed E-state index contributed by atoms with van der Waals surface area (Å²) >= 11 is 0. The Morgan fingerprint density at radius 1 is 0.647 bits per heavy atom. The maximum Gasteiger partial charge on any atom is 0.311 e. The van der Waals surface area contributed by atoms with Crippen LogP contribution in [0.4, 0.5) is 0 Å². The number of esters is 1. The first-order valence-corrected chi connectivity index (χ1v) is 15.7. The summed E-state index contributed by atoms with van der Waals surface area (Å²) in [5.74, 6) is 4.74. The molecule has 0 radical (unpaired) electrons. The smallest absolute Gasteiger partial charge is 0.311 e. The van der Waals surface area contributed by atoms with Crippen LogP contribution >= 0.6 is 0 Å². The molecular formula is C32H58O2. The molecule has 0 atom stereocenters. The third-order valence-corrected chi connectivity index (χ3v) is 10.6. The average Bonchev–Trinajstić information content (AvgIpc) is 2.88. The van der Waals surface area contributed by atoms with Crippen LogP contribution in [0.5, 0.6) is 0 Å². The van der Waals surface area contributed by atoms with Gasteiger partial charge in [0.25, 0.3) is 0 Å². The minimum Gasteiger partial charge on any atom is -0.469 e. The Balaban J connectivity index is 1.39. The van der Waals surface area contributed by atoms with Gasteiger partial charge in [0.05, 0.1) is 12.5 Å². The summed E-state index contributed by atoms with van der Waals surface area (Å²) in [5.41, 5.74) is -0.165. The van der Waals surface area contributed by atoms with E-state index >= 15 is 0 Å². The number of hydrogen-bond acceptors (Lipinski definition) is 2. The molecule has 0 aromatic heterocycles. The lowest BCUT2D eigenvalue weighted by Gasteiger charge is -2.43. The topological polar surface area (TPSA) is 26.3 Å². The highest BCUT2D eigenvalue weighted by Gasteiger charge is 2.44. The van der Waals surface area contributed by atoms with Crippen molar-refractivity contribution < 1.29 is 9.53 Å². The lowest BCUT2D eigenvalue weighted by atomic mass is 9.62. The highest BCUT2D eigenvalue weighted by atomic mass is 16.5. The van der Waals surface area contributed by atoms with Gasteiger partial charge in [-0.2, -0.15) is 0 Å². The van der Waals surface area contributed by atoms with Crippen molar-refractivity contribution in [3.8, 4) is 0 Å². The summed E-state index contributed by atoms with van der Waals surface area (Å²) in [6.07, 6.45) is 29.9. The van der Waals surface area contributed by atoms with E-state index in [1.165, 1.54) is 122 Å². The molecule has 2 heteroatoms. The molecule has 0 N–H and O–H groups in total. The van der Waals surface area contributed by atoms with Crippen molar-refractivity contribution in [1.82, 2.24) is 0 Å². The molecular weight excluding hydrogens is 416 g/mol. The molecule has 2 nitrogen and oxygen atoms in total. The fourth-order valence-electron chi connectivity index (χ4n) is 8.12. The summed E-state index contributed by atoms with van der Waals surface area (Å²) < 4.78 is 5.40. The molecule has 0 unspecified atom stereocenters. The van der Waals surface area contributed by atoms with E-state index in [4.69, 9.17) is 4.74 Å². The molecule has 3 rings (SSSR count). The first-order valence-electron chi connectivity index (χ1n) is 15.7. The number of carbonyl (C=O) groups excluding carboxylic acids is 1. The zero-order chi connectivity index (χ0) is 24.2. The largest absolute Gasteiger partial charge is 0.469 e. The Kier molecular flexibility index (Phi) is 12.3. The van der Waals surface area contributed by atoms with E-state index < -0.39 is 0 Å². The molecule has 3 fully saturated rings. The van der Waals surface area contributed by atoms with Gasteiger partial charge in [-0.1, -0.05) is 104 Å². The Labute approximate surface area is 212 Å². The summed E-state index contributed by atoms with van der Waals surface area (Å²) in [4.78, 5) is 13.0. The van der Waals surface area contributed by atoms with Crippen LogP contribution in [-0.2, 0) is 9.53 Å². The summed E-state index contributed by atoms with van der Waals surface area (Å²) in [7, 11) is 1.62. The predicted molar refractivity (Wildman–Crippen MR) is 145 cm³/mol. The number of ether oxygens (including phenoxy) is 1. The number of unbranched alkanes of at least 4 members (excludes halogenated alkanes) is 4. The third kappa shape index (κ3) is 8.26. The van der Waals surface area contributed by atoms with Crippen molar-refractivity contribution in [3.05, 3.63) is 0 Å². The Morgan fingerprint density at radius 2 is 1.18 bits per heavy atom. The summed E-state index contributed by atoms with van der Waals surface area (Å²) in [5, 5.41) is 0. The molecule has 198 valence electrons. The van der Waals surface area contributed by atoms with E-state index in [0.29, 0.717) is 0 Å². The van der Waals surface area contributed by atoms with Crippen LogP contribution in [0.15, 0.2) is 0 Å². The molecule has 0 amide bonds. The van der Waals surface area contributed by atoms with Crippen molar-refractivity contribution in [2.75, 3.05) is 7.11 Å². The van der Waals surface area contributed by atoms with Gasteiger partial charge in [-0.05, 0) is 81.0 Å². The molecule has 0 saturated heterocycles. The first kappa shape index (κ1) is 28.0. The molecule has 0 bridgehead atoms. The van der Waals surface area contributed by atoms with E-state index in [1.54, 1.807) is 7.11 Å². The molecule has 34 heavy (non-hydrogen) atoms. The fraction of sp³-hybridized carbons (Fsp3) is 0.969. The number of rotatable bonds is 13. The van der Waals surface area contributed by atoms with E-state index in [9.17, 15) is 4.79 Å². The van der Waals surface area contributed by atoms with Crippen LogP contribution in [0.1, 0.15) is 155 Å². The van der Waals surface area contributed by atoms with Gasteiger partial charge in [0.2, 0.25) is 0 Å². The SMILES string of the molecule is CCCCCCCC1CCC(C2CCC(CC[C@H]3CC[C@H](CCC)CC3)(C(=O)OC)CC2)CC1. The minimum absolute atomic E-state index is 0.109. The van der Waals surface area contributed by atoms with Crippen LogP contribution in [0, 0.1) is 35.0 Å². The normalized spacial score (nSPS) is 34.6. The molecule has 3 saturated carbocycles. The molecule has 3 aliphatic carbocycles. The summed E-state index contributed by atoms with van der Waals surface area (Å²) in [6.45, 7) is 4.63. The van der Waals surface area contributed by atoms with Crippen LogP contribution in [0.25, 0.3) is 0 Å². The maximum atomic E-state index is 13.0. The second-order valence-corrected chi connectivity index (χ2v) is 12.8. The molecule has 0 aromatic rings. The Bertz CT molecular complexity index is 545. The lowest BCUT2D eigenvalue weighted by Crippen LogP contribution is -2.39. The standard InChI is InChI=1S/C32H58O2/c1-4-6-7-8-9-11-27-16-18-29(19-17-27)30-21-24-32(25-22-30,31(33)34-3)23-20-28-14-12-26(10-5-2)13-15-28/h26-30H,4-25H2,1-3H3/t26-,27?,28-,29?,30?,32?. The highest BCUT2D eigenvalue weighted by Crippen LogP contribution is 2.49. The quantitative estimate of drug-likeness (QED) is 0.196. The second-order valence-electron chi connectivity index (χ2n) is 12.8. The van der Waals surface area contributed by atoms with Gasteiger partial charge in [-0.25, -0.2) is 0 Å². The van der Waals surface area contributed by atoms with Gasteiger partial charge >= 0.3 is 5.97 Å². The highest BCUT2D eigenvalue weighted by molar-refractivity contribution is 5.76. The van der Waals surface area contributed by atoms with Crippen LogP contribution < -0.4 is 0 Å². The third-order valence-electron chi connectivity index (χ3n) is 10.6. The van der Waals surface area contributed by atoms with Crippen LogP contribution in [0.3, 0.4) is 0 Å². The van der Waals surface area contributed by atoms with Crippen molar-refractivity contribution in [2.24, 2.45) is 35.0 Å². The predicted octanol–water partition coefficient (Wildman–Crippen LogP) is 9.89. The number of carbonyl (C=O) groups is 1. The van der Waals surface area contributed by atoms with Gasteiger partial charge in [0.15, 0.2) is 0 Å². The fourth-order valence-corrected chi connectivity index (χ4v) is 8.12. The first-order chi connectivity index (χ1) is 16.6. The van der Waals surface area contributed by atoms with Gasteiger partial charge in [-0.3, -0.25) is 4.79 Å². The van der Waals surface area contributed by atoms with Gasteiger partial charge in [0.1, 0.15) is 0 Å². The number of methoxy groups -OCH3 is 1. The van der Waals surface area contributed by atoms with Crippen molar-refractivity contribution in [3.63, 3.8) is 0 Å². The average molecular weight is 475 g/mol. The summed E-state index contributed by atoms with van der Waals surface area (Å²) in [6, 6.07) is 0. The van der Waals surface area contributed by atoms with Gasteiger partial charge < -0.3 is 4.74 Å². The number of hydrogen-bond donors (Lipinski definition) is 0. The molecule has 0 spiro atoms. The Hall–Kier alpha value is -0.530. The maximum absolute atomic E-state index is 13.0. The monoisotopic (exact) mass is 474 g/mol. The lowest BCUT2D eigenvalue weighted by molar-refractivity contribution is -0.157. The van der Waals surface area contributed by atoms with Crippen LogP contribution in [0.2, 0.25) is 0 Å². The van der Waals surface area contributed by atoms with E-state index in [2.05, 4.69) is 13.8 Å². The zero-order valence-corrected chi connectivity index (χ0v) is 23.3. The van der Waals surface area contributed by atoms with Gasteiger partial charge in [0, 0.05) is 0 Å². The molecule has 0 heterocycles. The van der Waals surface area contributed by atoms with E-state index in [-0.39, 0.29) is 11.4 Å². The zero-order valence-electron chi connectivity index (χ0n) is 23.3. The molecule has 3 aliphatic rings.